The fraction of sp³-hybridized carbons (Fsp3) is 0.907. The Hall–Kier alpha value is -1.05. The van der Waals surface area contributed by atoms with Crippen LogP contribution in [0.15, 0.2) is 23.8 Å². The van der Waals surface area contributed by atoms with Crippen LogP contribution in [0.3, 0.4) is 0 Å². The number of fused-ring (bicyclic) bond motifs is 5. The first-order chi connectivity index (χ1) is 27.1. The molecular formula is C54H96O2. The Balaban J connectivity index is 1.02. The third kappa shape index (κ3) is 14.3. The van der Waals surface area contributed by atoms with Crippen molar-refractivity contribution >= 4 is 5.97 Å². The van der Waals surface area contributed by atoms with Crippen LogP contribution in [-0.4, -0.2) is 12.1 Å². The van der Waals surface area contributed by atoms with Crippen LogP contribution < -0.4 is 0 Å². The number of rotatable bonds is 29. The zero-order valence-electron chi connectivity index (χ0n) is 38.8. The lowest BCUT2D eigenvalue weighted by atomic mass is 9.47. The number of carbonyl (C=O) groups is 1. The molecule has 56 heavy (non-hydrogen) atoms. The van der Waals surface area contributed by atoms with E-state index in [-0.39, 0.29) is 12.1 Å². The van der Waals surface area contributed by atoms with Gasteiger partial charge in [-0.15, -0.1) is 0 Å². The van der Waals surface area contributed by atoms with Crippen LogP contribution in [0.2, 0.25) is 0 Å². The van der Waals surface area contributed by atoms with Gasteiger partial charge < -0.3 is 4.74 Å². The van der Waals surface area contributed by atoms with Gasteiger partial charge in [0.25, 0.3) is 0 Å². The molecule has 0 aromatic heterocycles. The van der Waals surface area contributed by atoms with Crippen molar-refractivity contribution in [2.75, 3.05) is 0 Å². The number of hydrogen-bond donors (Lipinski definition) is 0. The molecule has 2 heteroatoms. The van der Waals surface area contributed by atoms with Crippen LogP contribution in [-0.2, 0) is 9.53 Å². The van der Waals surface area contributed by atoms with E-state index in [2.05, 4.69) is 66.7 Å². The molecule has 9 atom stereocenters. The van der Waals surface area contributed by atoms with E-state index in [1.54, 1.807) is 5.57 Å². The molecule has 0 aromatic carbocycles. The Morgan fingerprint density at radius 2 is 1.30 bits per heavy atom. The Morgan fingerprint density at radius 3 is 1.89 bits per heavy atom. The van der Waals surface area contributed by atoms with E-state index in [1.165, 1.54) is 180 Å². The van der Waals surface area contributed by atoms with Crippen molar-refractivity contribution in [3.05, 3.63) is 23.8 Å². The second-order valence-electron chi connectivity index (χ2n) is 21.1. The van der Waals surface area contributed by atoms with E-state index in [1.807, 2.05) is 0 Å². The van der Waals surface area contributed by atoms with Crippen molar-refractivity contribution in [2.45, 2.75) is 260 Å². The van der Waals surface area contributed by atoms with E-state index in [4.69, 9.17) is 4.74 Å². The fourth-order valence-corrected chi connectivity index (χ4v) is 13.2. The second-order valence-corrected chi connectivity index (χ2v) is 21.1. The van der Waals surface area contributed by atoms with Gasteiger partial charge in [-0.1, -0.05) is 181 Å². The number of hydrogen-bond acceptors (Lipinski definition) is 2. The van der Waals surface area contributed by atoms with Crippen LogP contribution in [0.25, 0.3) is 0 Å². The highest BCUT2D eigenvalue weighted by atomic mass is 16.5. The lowest BCUT2D eigenvalue weighted by Crippen LogP contribution is -2.51. The molecule has 4 rings (SSSR count). The normalized spacial score (nSPS) is 29.9. The average Bonchev–Trinajstić information content (AvgIpc) is 3.54. The van der Waals surface area contributed by atoms with E-state index in [9.17, 15) is 4.79 Å². The zero-order valence-corrected chi connectivity index (χ0v) is 38.8. The number of unbranched alkanes of at least 4 members (excludes halogenated alkanes) is 18. The molecule has 4 aliphatic rings. The number of carbonyl (C=O) groups excluding carboxylic acids is 1. The van der Waals surface area contributed by atoms with Gasteiger partial charge in [-0.05, 0) is 136 Å². The van der Waals surface area contributed by atoms with Gasteiger partial charge in [0, 0.05) is 12.8 Å². The minimum Gasteiger partial charge on any atom is -0.462 e. The van der Waals surface area contributed by atoms with E-state index in [0.29, 0.717) is 17.3 Å². The van der Waals surface area contributed by atoms with Crippen molar-refractivity contribution in [3.63, 3.8) is 0 Å². The number of allylic oxidation sites excluding steroid dienone is 3. The number of esters is 1. The Labute approximate surface area is 350 Å². The number of ether oxygens (including phenoxy) is 1. The monoisotopic (exact) mass is 777 g/mol. The fourth-order valence-electron chi connectivity index (χ4n) is 13.2. The highest BCUT2D eigenvalue weighted by molar-refractivity contribution is 5.69. The first-order valence-corrected chi connectivity index (χ1v) is 25.7. The molecule has 2 nitrogen and oxygen atoms in total. The van der Waals surface area contributed by atoms with Gasteiger partial charge in [-0.25, -0.2) is 0 Å². The summed E-state index contributed by atoms with van der Waals surface area (Å²) in [6.07, 6.45) is 49.7. The Bertz CT molecular complexity index is 1130. The predicted octanol–water partition coefficient (Wildman–Crippen LogP) is 17.3. The van der Waals surface area contributed by atoms with Gasteiger partial charge in [0.05, 0.1) is 0 Å². The highest BCUT2D eigenvalue weighted by Crippen LogP contribution is 2.67. The van der Waals surface area contributed by atoms with E-state index in [0.717, 1.165) is 60.7 Å². The van der Waals surface area contributed by atoms with Crippen molar-refractivity contribution in [2.24, 2.45) is 52.3 Å². The minimum absolute atomic E-state index is 0.0612. The molecule has 0 radical (unpaired) electrons. The molecule has 0 bridgehead atoms. The smallest absolute Gasteiger partial charge is 0.306 e. The molecule has 4 aliphatic carbocycles. The zero-order chi connectivity index (χ0) is 40.2. The van der Waals surface area contributed by atoms with Gasteiger partial charge in [-0.3, -0.25) is 4.79 Å². The molecule has 324 valence electrons. The lowest BCUT2D eigenvalue weighted by Gasteiger charge is -2.58. The molecule has 3 saturated carbocycles. The maximum atomic E-state index is 12.9. The maximum Gasteiger partial charge on any atom is 0.306 e. The first kappa shape index (κ1) is 47.6. The molecule has 0 heterocycles. The third-order valence-electron chi connectivity index (χ3n) is 17.0. The molecule has 0 saturated heterocycles. The SMILES string of the molecule is CCCCCCCCCCCCC/C=C\CCCCCCCCCC(=O)OC1CCC2(C)C(=CCC3C2CCC2(C)C(C(C)CCC(CC)C(C)C)CCC32)C1. The summed E-state index contributed by atoms with van der Waals surface area (Å²) in [5.41, 5.74) is 2.51. The molecule has 0 amide bonds. The average molecular weight is 777 g/mol. The van der Waals surface area contributed by atoms with Crippen LogP contribution in [0, 0.1) is 52.3 Å². The molecule has 0 N–H and O–H groups in total. The van der Waals surface area contributed by atoms with E-state index < -0.39 is 0 Å². The quantitative estimate of drug-likeness (QED) is 0.0430. The summed E-state index contributed by atoms with van der Waals surface area (Å²) in [6.45, 7) is 17.5. The van der Waals surface area contributed by atoms with Crippen molar-refractivity contribution in [1.29, 1.82) is 0 Å². The summed E-state index contributed by atoms with van der Waals surface area (Å²) in [7, 11) is 0. The maximum absolute atomic E-state index is 12.9. The molecular weight excluding hydrogens is 681 g/mol. The Morgan fingerprint density at radius 1 is 0.714 bits per heavy atom. The van der Waals surface area contributed by atoms with Crippen molar-refractivity contribution in [3.8, 4) is 0 Å². The molecule has 0 spiro atoms. The van der Waals surface area contributed by atoms with Crippen LogP contribution in [0.5, 0.6) is 0 Å². The van der Waals surface area contributed by atoms with Gasteiger partial charge in [-0.2, -0.15) is 0 Å². The standard InChI is InChI=1S/C54H96O2/c1-8-10-11-12-13-14-15-16-17-18-19-20-21-22-23-24-25-26-27-28-29-30-31-52(55)56-47-38-40-53(6)46(42-47)34-35-48-50-37-36-49(54(50,7)41-39-51(48)53)44(5)32-33-45(9-2)43(3)4/h21-22,34,43-45,47-51H,8-20,23-33,35-42H2,1-7H3/b22-21-. The third-order valence-corrected chi connectivity index (χ3v) is 17.0. The van der Waals surface area contributed by atoms with Gasteiger partial charge in [0.15, 0.2) is 0 Å². The van der Waals surface area contributed by atoms with Crippen LogP contribution in [0.4, 0.5) is 0 Å². The Kier molecular flexibility index (Phi) is 21.7. The summed E-state index contributed by atoms with van der Waals surface area (Å²) in [5, 5.41) is 0. The second kappa shape index (κ2) is 25.5. The van der Waals surface area contributed by atoms with Crippen molar-refractivity contribution in [1.82, 2.24) is 0 Å². The van der Waals surface area contributed by atoms with Crippen LogP contribution in [0.1, 0.15) is 254 Å². The van der Waals surface area contributed by atoms with Gasteiger partial charge in [0.1, 0.15) is 6.10 Å². The molecule has 0 aliphatic heterocycles. The largest absolute Gasteiger partial charge is 0.462 e. The topological polar surface area (TPSA) is 26.3 Å². The first-order valence-electron chi connectivity index (χ1n) is 25.7. The summed E-state index contributed by atoms with van der Waals surface area (Å²) in [6, 6.07) is 0. The van der Waals surface area contributed by atoms with Gasteiger partial charge >= 0.3 is 5.97 Å². The summed E-state index contributed by atoms with van der Waals surface area (Å²) < 4.78 is 6.17. The molecule has 0 aromatic rings. The van der Waals surface area contributed by atoms with Gasteiger partial charge in [0.2, 0.25) is 0 Å². The summed E-state index contributed by atoms with van der Waals surface area (Å²) in [4.78, 5) is 12.9. The van der Waals surface area contributed by atoms with Crippen LogP contribution >= 0.6 is 0 Å². The molecule has 9 unspecified atom stereocenters. The lowest BCUT2D eigenvalue weighted by molar-refractivity contribution is -0.151. The van der Waals surface area contributed by atoms with Crippen molar-refractivity contribution < 1.29 is 9.53 Å². The summed E-state index contributed by atoms with van der Waals surface area (Å²) in [5.74, 6) is 6.15. The minimum atomic E-state index is 0.0612. The summed E-state index contributed by atoms with van der Waals surface area (Å²) >= 11 is 0. The highest BCUT2D eigenvalue weighted by Gasteiger charge is 2.59. The predicted molar refractivity (Wildman–Crippen MR) is 244 cm³/mol. The molecule has 3 fully saturated rings. The van der Waals surface area contributed by atoms with E-state index >= 15 is 0 Å².